The first-order valence-corrected chi connectivity index (χ1v) is 10.5. The molecule has 3 rings (SSSR count). The first-order chi connectivity index (χ1) is 13.7. The number of halogens is 1. The highest BCUT2D eigenvalue weighted by Gasteiger charge is 2.29. The van der Waals surface area contributed by atoms with Gasteiger partial charge < -0.3 is 14.8 Å². The summed E-state index contributed by atoms with van der Waals surface area (Å²) < 4.78 is 11.1. The summed E-state index contributed by atoms with van der Waals surface area (Å²) >= 11 is 5.84. The summed E-state index contributed by atoms with van der Waals surface area (Å²) in [5, 5.41) is 3.26. The van der Waals surface area contributed by atoms with Crippen molar-refractivity contribution in [2.24, 2.45) is 0 Å². The minimum Gasteiger partial charge on any atom is -0.493 e. The summed E-state index contributed by atoms with van der Waals surface area (Å²) in [6.07, 6.45) is 4.32. The Hall–Kier alpha value is -2.20. The van der Waals surface area contributed by atoms with E-state index in [1.54, 1.807) is 7.11 Å². The molecule has 0 aromatic heterocycles. The fourth-order valence-electron chi connectivity index (χ4n) is 3.89. The lowest BCUT2D eigenvalue weighted by atomic mass is 9.79. The summed E-state index contributed by atoms with van der Waals surface area (Å²) in [5.41, 5.74) is 2.87. The van der Waals surface area contributed by atoms with Crippen molar-refractivity contribution < 1.29 is 14.3 Å². The van der Waals surface area contributed by atoms with Gasteiger partial charge in [-0.25, -0.2) is 0 Å². The molecule has 0 spiro atoms. The molecule has 2 aromatic rings. The number of carbonyl (C=O) groups excluding carboxylic acids is 1. The average Bonchev–Trinajstić information content (AvgIpc) is 2.74. The number of nitrogens with one attached hydrogen (secondary N) is 1. The first kappa shape index (κ1) is 20.5. The van der Waals surface area contributed by atoms with Crippen LogP contribution >= 0.6 is 11.6 Å². The van der Waals surface area contributed by atoms with Crippen LogP contribution in [0.15, 0.2) is 42.5 Å². The van der Waals surface area contributed by atoms with E-state index in [4.69, 9.17) is 21.1 Å². The molecule has 0 heterocycles. The zero-order valence-corrected chi connectivity index (χ0v) is 17.3. The molecule has 1 saturated carbocycles. The van der Waals surface area contributed by atoms with Gasteiger partial charge in [0.1, 0.15) is 0 Å². The minimum atomic E-state index is -0.0310. The van der Waals surface area contributed by atoms with Crippen molar-refractivity contribution in [3.63, 3.8) is 0 Å². The SMILES string of the molecule is CCOc1cc([C@H]2CCCC[C@H]2NC(=O)c2ccc(CCl)cc2)ccc1OC. The lowest BCUT2D eigenvalue weighted by molar-refractivity contribution is 0.0920. The normalized spacial score (nSPS) is 19.1. The Morgan fingerprint density at radius 3 is 2.54 bits per heavy atom. The van der Waals surface area contributed by atoms with E-state index >= 15 is 0 Å². The van der Waals surface area contributed by atoms with Crippen molar-refractivity contribution in [3.05, 3.63) is 59.2 Å². The van der Waals surface area contributed by atoms with E-state index in [0.29, 0.717) is 18.1 Å². The number of alkyl halides is 1. The Morgan fingerprint density at radius 2 is 1.86 bits per heavy atom. The summed E-state index contributed by atoms with van der Waals surface area (Å²) in [7, 11) is 1.65. The largest absolute Gasteiger partial charge is 0.493 e. The van der Waals surface area contributed by atoms with Gasteiger partial charge in [-0.1, -0.05) is 31.0 Å². The van der Waals surface area contributed by atoms with Gasteiger partial charge in [-0.3, -0.25) is 4.79 Å². The molecule has 2 aromatic carbocycles. The maximum Gasteiger partial charge on any atom is 0.251 e. The van der Waals surface area contributed by atoms with Gasteiger partial charge in [0.2, 0.25) is 0 Å². The number of methoxy groups -OCH3 is 1. The van der Waals surface area contributed by atoms with E-state index in [1.165, 1.54) is 5.56 Å². The van der Waals surface area contributed by atoms with E-state index in [9.17, 15) is 4.79 Å². The molecule has 1 fully saturated rings. The number of amides is 1. The van der Waals surface area contributed by atoms with E-state index in [1.807, 2.05) is 37.3 Å². The molecule has 1 aliphatic carbocycles. The second-order valence-electron chi connectivity index (χ2n) is 7.14. The Balaban J connectivity index is 1.78. The molecule has 4 nitrogen and oxygen atoms in total. The lowest BCUT2D eigenvalue weighted by Crippen LogP contribution is -2.41. The summed E-state index contributed by atoms with van der Waals surface area (Å²) in [4.78, 5) is 12.8. The van der Waals surface area contributed by atoms with Gasteiger partial charge in [0.25, 0.3) is 5.91 Å². The maximum absolute atomic E-state index is 12.8. The zero-order chi connectivity index (χ0) is 19.9. The number of rotatable bonds is 7. The van der Waals surface area contributed by atoms with E-state index < -0.39 is 0 Å². The van der Waals surface area contributed by atoms with Crippen LogP contribution in [0.4, 0.5) is 0 Å². The molecular weight excluding hydrogens is 374 g/mol. The number of carbonyl (C=O) groups is 1. The van der Waals surface area contributed by atoms with Crippen molar-refractivity contribution in [1.29, 1.82) is 0 Å². The first-order valence-electron chi connectivity index (χ1n) is 9.92. The number of ether oxygens (including phenoxy) is 2. The topological polar surface area (TPSA) is 47.6 Å². The number of hydrogen-bond donors (Lipinski definition) is 1. The summed E-state index contributed by atoms with van der Waals surface area (Å²) in [6.45, 7) is 2.55. The van der Waals surface area contributed by atoms with Crippen molar-refractivity contribution in [2.45, 2.75) is 50.4 Å². The van der Waals surface area contributed by atoms with Gasteiger partial charge in [-0.2, -0.15) is 0 Å². The predicted molar refractivity (Wildman–Crippen MR) is 113 cm³/mol. The molecule has 0 saturated heterocycles. The molecule has 1 amide bonds. The van der Waals surface area contributed by atoms with Crippen LogP contribution in [0.3, 0.4) is 0 Å². The van der Waals surface area contributed by atoms with E-state index in [0.717, 1.165) is 42.7 Å². The fourth-order valence-corrected chi connectivity index (χ4v) is 4.07. The van der Waals surface area contributed by atoms with Gasteiger partial charge in [0, 0.05) is 23.4 Å². The lowest BCUT2D eigenvalue weighted by Gasteiger charge is -2.33. The quantitative estimate of drug-likeness (QED) is 0.641. The van der Waals surface area contributed by atoms with Gasteiger partial charge >= 0.3 is 0 Å². The number of hydrogen-bond acceptors (Lipinski definition) is 3. The molecule has 0 bridgehead atoms. The van der Waals surface area contributed by atoms with Gasteiger partial charge in [0.05, 0.1) is 13.7 Å². The average molecular weight is 402 g/mol. The molecular formula is C23H28ClNO3. The molecule has 0 unspecified atom stereocenters. The van der Waals surface area contributed by atoms with Gasteiger partial charge in [-0.05, 0) is 55.2 Å². The molecule has 0 aliphatic heterocycles. The maximum atomic E-state index is 12.8. The van der Waals surface area contributed by atoms with Crippen LogP contribution < -0.4 is 14.8 Å². The molecule has 1 N–H and O–H groups in total. The van der Waals surface area contributed by atoms with Crippen LogP contribution in [0, 0.1) is 0 Å². The highest BCUT2D eigenvalue weighted by Crippen LogP contribution is 2.37. The Morgan fingerprint density at radius 1 is 1.11 bits per heavy atom. The summed E-state index contributed by atoms with van der Waals surface area (Å²) in [6, 6.07) is 13.7. The Labute approximate surface area is 172 Å². The molecule has 28 heavy (non-hydrogen) atoms. The Kier molecular flexibility index (Phi) is 7.21. The monoisotopic (exact) mass is 401 g/mol. The van der Waals surface area contributed by atoms with Crippen LogP contribution in [0.1, 0.15) is 60.0 Å². The smallest absolute Gasteiger partial charge is 0.251 e. The van der Waals surface area contributed by atoms with Crippen LogP contribution in [-0.4, -0.2) is 25.7 Å². The molecule has 1 aliphatic rings. The van der Waals surface area contributed by atoms with Crippen molar-refractivity contribution in [1.82, 2.24) is 5.32 Å². The van der Waals surface area contributed by atoms with Crippen molar-refractivity contribution >= 4 is 17.5 Å². The minimum absolute atomic E-state index is 0.0310. The standard InChI is InChI=1S/C23H28ClNO3/c1-3-28-22-14-18(12-13-21(22)27-2)19-6-4-5-7-20(19)25-23(26)17-10-8-16(15-24)9-11-17/h8-14,19-20H,3-7,15H2,1-2H3,(H,25,26)/t19-,20-/m1/s1. The molecule has 150 valence electrons. The van der Waals surface area contributed by atoms with Gasteiger partial charge in [0.15, 0.2) is 11.5 Å². The van der Waals surface area contributed by atoms with Crippen molar-refractivity contribution in [3.8, 4) is 11.5 Å². The third kappa shape index (κ3) is 4.79. The highest BCUT2D eigenvalue weighted by molar-refractivity contribution is 6.17. The van der Waals surface area contributed by atoms with Crippen LogP contribution in [0.25, 0.3) is 0 Å². The molecule has 2 atom stereocenters. The summed E-state index contributed by atoms with van der Waals surface area (Å²) in [5.74, 6) is 2.18. The van der Waals surface area contributed by atoms with E-state index in [-0.39, 0.29) is 17.9 Å². The molecule has 0 radical (unpaired) electrons. The zero-order valence-electron chi connectivity index (χ0n) is 16.5. The van der Waals surface area contributed by atoms with Crippen molar-refractivity contribution in [2.75, 3.05) is 13.7 Å². The molecule has 5 heteroatoms. The fraction of sp³-hybridized carbons (Fsp3) is 0.435. The predicted octanol–water partition coefficient (Wildman–Crippen LogP) is 5.29. The third-order valence-corrected chi connectivity index (χ3v) is 5.68. The second kappa shape index (κ2) is 9.83. The highest BCUT2D eigenvalue weighted by atomic mass is 35.5. The van der Waals surface area contributed by atoms with Crippen LogP contribution in [0.5, 0.6) is 11.5 Å². The van der Waals surface area contributed by atoms with Crippen LogP contribution in [-0.2, 0) is 5.88 Å². The Bertz CT molecular complexity index is 791. The van der Waals surface area contributed by atoms with Crippen LogP contribution in [0.2, 0.25) is 0 Å². The third-order valence-electron chi connectivity index (χ3n) is 5.37. The number of benzene rings is 2. The second-order valence-corrected chi connectivity index (χ2v) is 7.41. The van der Waals surface area contributed by atoms with Gasteiger partial charge in [-0.15, -0.1) is 11.6 Å². The van der Waals surface area contributed by atoms with E-state index in [2.05, 4.69) is 17.4 Å².